The second kappa shape index (κ2) is 3.59. The van der Waals surface area contributed by atoms with E-state index in [0.717, 1.165) is 24.8 Å². The normalized spacial score (nSPS) is 25.1. The smallest absolute Gasteiger partial charge is 0.226 e. The number of carbonyl (C=O) groups excluding carboxylic acids is 1. The average Bonchev–Trinajstić information content (AvgIpc) is 2.66. The van der Waals surface area contributed by atoms with Crippen LogP contribution in [-0.4, -0.2) is 12.5 Å². The van der Waals surface area contributed by atoms with Crippen LogP contribution in [0.5, 0.6) is 0 Å². The van der Waals surface area contributed by atoms with E-state index in [9.17, 15) is 4.79 Å². The zero-order valence-electron chi connectivity index (χ0n) is 9.57. The van der Waals surface area contributed by atoms with Crippen LogP contribution in [0.25, 0.3) is 0 Å². The highest BCUT2D eigenvalue weighted by atomic mass is 16.2. The summed E-state index contributed by atoms with van der Waals surface area (Å²) in [4.78, 5) is 12.0. The van der Waals surface area contributed by atoms with Gasteiger partial charge in [-0.15, -0.1) is 0 Å². The van der Waals surface area contributed by atoms with Crippen LogP contribution in [0.3, 0.4) is 0 Å². The molecule has 0 radical (unpaired) electrons. The number of rotatable bonds is 1. The molecule has 3 heteroatoms. The maximum absolute atomic E-state index is 12.0. The van der Waals surface area contributed by atoms with Crippen molar-refractivity contribution in [1.29, 1.82) is 5.26 Å². The third kappa shape index (κ3) is 1.30. The summed E-state index contributed by atoms with van der Waals surface area (Å²) in [5, 5.41) is 12.1. The zero-order chi connectivity index (χ0) is 11.9. The lowest BCUT2D eigenvalue weighted by Gasteiger charge is -2.40. The average molecular weight is 226 g/mol. The van der Waals surface area contributed by atoms with Crippen molar-refractivity contribution in [1.82, 2.24) is 5.32 Å². The highest BCUT2D eigenvalue weighted by Crippen LogP contribution is 2.54. The standard InChI is InChI=1S/C14H14N2O/c15-8-10-4-1-2-5-11(10)12-9-16-13(17)14(12)6-3-7-14/h1-2,4-5,12H,3,6-7,9H2,(H,16,17)/t12-/m0/s1. The van der Waals surface area contributed by atoms with Gasteiger partial charge in [0.1, 0.15) is 0 Å². The molecular formula is C14H14N2O. The van der Waals surface area contributed by atoms with Gasteiger partial charge in [0.25, 0.3) is 0 Å². The molecule has 0 bridgehead atoms. The van der Waals surface area contributed by atoms with Gasteiger partial charge in [-0.25, -0.2) is 0 Å². The summed E-state index contributed by atoms with van der Waals surface area (Å²) in [6, 6.07) is 9.89. The Morgan fingerprint density at radius 1 is 1.35 bits per heavy atom. The first-order valence-electron chi connectivity index (χ1n) is 6.05. The van der Waals surface area contributed by atoms with Crippen molar-refractivity contribution in [2.24, 2.45) is 5.41 Å². The van der Waals surface area contributed by atoms with Crippen molar-refractivity contribution >= 4 is 5.91 Å². The van der Waals surface area contributed by atoms with Crippen LogP contribution >= 0.6 is 0 Å². The summed E-state index contributed by atoms with van der Waals surface area (Å²) in [6.45, 7) is 0.678. The molecule has 1 atom stereocenters. The van der Waals surface area contributed by atoms with Crippen LogP contribution in [0, 0.1) is 16.7 Å². The van der Waals surface area contributed by atoms with Crippen molar-refractivity contribution in [2.45, 2.75) is 25.2 Å². The molecule has 1 spiro atoms. The minimum absolute atomic E-state index is 0.180. The summed E-state index contributed by atoms with van der Waals surface area (Å²) in [5.74, 6) is 0.362. The van der Waals surface area contributed by atoms with E-state index in [1.54, 1.807) is 0 Å². The molecule has 0 aromatic heterocycles. The molecule has 86 valence electrons. The quantitative estimate of drug-likeness (QED) is 0.795. The van der Waals surface area contributed by atoms with Crippen LogP contribution in [0.1, 0.15) is 36.3 Å². The number of nitrogens with zero attached hydrogens (tertiary/aromatic N) is 1. The Labute approximate surface area is 100 Å². The number of hydrogen-bond donors (Lipinski definition) is 1. The van der Waals surface area contributed by atoms with Crippen LogP contribution in [0.15, 0.2) is 24.3 Å². The maximum atomic E-state index is 12.0. The van der Waals surface area contributed by atoms with Gasteiger partial charge in [0.15, 0.2) is 0 Å². The number of nitrogens with one attached hydrogen (secondary N) is 1. The molecule has 1 N–H and O–H groups in total. The molecular weight excluding hydrogens is 212 g/mol. The third-order valence-electron chi connectivity index (χ3n) is 4.29. The molecule has 3 nitrogen and oxygen atoms in total. The molecule has 1 saturated carbocycles. The molecule has 1 aromatic carbocycles. The van der Waals surface area contributed by atoms with E-state index in [1.807, 2.05) is 24.3 Å². The van der Waals surface area contributed by atoms with Crippen molar-refractivity contribution < 1.29 is 4.79 Å². The highest BCUT2D eigenvalue weighted by molar-refractivity contribution is 5.87. The Morgan fingerprint density at radius 2 is 2.12 bits per heavy atom. The molecule has 1 aliphatic carbocycles. The third-order valence-corrected chi connectivity index (χ3v) is 4.29. The lowest BCUT2D eigenvalue weighted by Crippen LogP contribution is -2.40. The first-order chi connectivity index (χ1) is 8.28. The Bertz CT molecular complexity index is 511. The van der Waals surface area contributed by atoms with Crippen LogP contribution in [0.4, 0.5) is 0 Å². The van der Waals surface area contributed by atoms with Gasteiger partial charge in [-0.2, -0.15) is 5.26 Å². The first kappa shape index (κ1) is 10.3. The Morgan fingerprint density at radius 3 is 2.76 bits per heavy atom. The van der Waals surface area contributed by atoms with Crippen molar-refractivity contribution in [2.75, 3.05) is 6.54 Å². The lowest BCUT2D eigenvalue weighted by molar-refractivity contribution is -0.132. The number of carbonyl (C=O) groups is 1. The van der Waals surface area contributed by atoms with Crippen LogP contribution in [0.2, 0.25) is 0 Å². The predicted molar refractivity (Wildman–Crippen MR) is 63.2 cm³/mol. The Kier molecular flexibility index (Phi) is 2.19. The Balaban J connectivity index is 2.05. The van der Waals surface area contributed by atoms with Gasteiger partial charge >= 0.3 is 0 Å². The molecule has 17 heavy (non-hydrogen) atoms. The molecule has 1 amide bonds. The largest absolute Gasteiger partial charge is 0.355 e. The maximum Gasteiger partial charge on any atom is 0.226 e. The van der Waals surface area contributed by atoms with E-state index in [-0.39, 0.29) is 17.2 Å². The van der Waals surface area contributed by atoms with Crippen molar-refractivity contribution in [3.8, 4) is 6.07 Å². The van der Waals surface area contributed by atoms with Gasteiger partial charge in [-0.1, -0.05) is 24.6 Å². The van der Waals surface area contributed by atoms with Crippen molar-refractivity contribution in [3.05, 3.63) is 35.4 Å². The Hall–Kier alpha value is -1.82. The van der Waals surface area contributed by atoms with E-state index in [4.69, 9.17) is 5.26 Å². The van der Waals surface area contributed by atoms with E-state index in [2.05, 4.69) is 11.4 Å². The monoisotopic (exact) mass is 226 g/mol. The fourth-order valence-electron chi connectivity index (χ4n) is 3.17. The van der Waals surface area contributed by atoms with E-state index < -0.39 is 0 Å². The summed E-state index contributed by atoms with van der Waals surface area (Å²) < 4.78 is 0. The van der Waals surface area contributed by atoms with Gasteiger partial charge in [0, 0.05) is 12.5 Å². The fourth-order valence-corrected chi connectivity index (χ4v) is 3.17. The van der Waals surface area contributed by atoms with E-state index in [1.165, 1.54) is 0 Å². The molecule has 1 heterocycles. The van der Waals surface area contributed by atoms with E-state index >= 15 is 0 Å². The predicted octanol–water partition coefficient (Wildman–Crippen LogP) is 1.94. The summed E-state index contributed by atoms with van der Waals surface area (Å²) in [6.07, 6.45) is 3.05. The van der Waals surface area contributed by atoms with Gasteiger partial charge in [-0.05, 0) is 24.5 Å². The number of benzene rings is 1. The van der Waals surface area contributed by atoms with Gasteiger partial charge in [0.05, 0.1) is 17.0 Å². The molecule has 2 fully saturated rings. The van der Waals surface area contributed by atoms with Crippen LogP contribution in [-0.2, 0) is 4.79 Å². The van der Waals surface area contributed by atoms with Crippen molar-refractivity contribution in [3.63, 3.8) is 0 Å². The second-order valence-corrected chi connectivity index (χ2v) is 4.97. The molecule has 3 rings (SSSR count). The highest BCUT2D eigenvalue weighted by Gasteiger charge is 2.54. The molecule has 1 saturated heterocycles. The SMILES string of the molecule is N#Cc1ccccc1[C@@H]1CNC(=O)C12CCC2. The molecule has 1 aromatic rings. The summed E-state index contributed by atoms with van der Waals surface area (Å²) >= 11 is 0. The zero-order valence-corrected chi connectivity index (χ0v) is 9.57. The number of hydrogen-bond acceptors (Lipinski definition) is 2. The number of nitriles is 1. The second-order valence-electron chi connectivity index (χ2n) is 4.97. The first-order valence-corrected chi connectivity index (χ1v) is 6.05. The van der Waals surface area contributed by atoms with Crippen LogP contribution < -0.4 is 5.32 Å². The minimum atomic E-state index is -0.215. The topological polar surface area (TPSA) is 52.9 Å². The molecule has 2 aliphatic rings. The van der Waals surface area contributed by atoms with E-state index in [0.29, 0.717) is 12.1 Å². The molecule has 1 aliphatic heterocycles. The number of amides is 1. The van der Waals surface area contributed by atoms with Gasteiger partial charge in [0.2, 0.25) is 5.91 Å². The molecule has 0 unspecified atom stereocenters. The minimum Gasteiger partial charge on any atom is -0.355 e. The van der Waals surface area contributed by atoms with Gasteiger partial charge < -0.3 is 5.32 Å². The summed E-state index contributed by atoms with van der Waals surface area (Å²) in [5.41, 5.74) is 1.53. The fraction of sp³-hybridized carbons (Fsp3) is 0.429. The lowest BCUT2D eigenvalue weighted by atomic mass is 9.60. The van der Waals surface area contributed by atoms with Gasteiger partial charge in [-0.3, -0.25) is 4.79 Å². The summed E-state index contributed by atoms with van der Waals surface area (Å²) in [7, 11) is 0.